The zero-order valence-corrected chi connectivity index (χ0v) is 13.5. The van der Waals surface area contributed by atoms with E-state index in [2.05, 4.69) is 25.6 Å². The quantitative estimate of drug-likeness (QED) is 0.887. The van der Waals surface area contributed by atoms with Crippen LogP contribution in [0.15, 0.2) is 45.9 Å². The summed E-state index contributed by atoms with van der Waals surface area (Å²) in [6, 6.07) is 7.44. The molecule has 0 amide bonds. The van der Waals surface area contributed by atoms with Crippen LogP contribution in [-0.2, 0) is 10.0 Å². The number of ether oxygens (including phenoxy) is 1. The van der Waals surface area contributed by atoms with E-state index in [-0.39, 0.29) is 10.7 Å². The number of nitrogens with one attached hydrogen (secondary N) is 1. The lowest BCUT2D eigenvalue weighted by atomic mass is 10.3. The Kier molecular flexibility index (Phi) is 4.52. The Morgan fingerprint density at radius 1 is 1.30 bits per heavy atom. The molecule has 0 radical (unpaired) electrons. The number of aromatic nitrogens is 1. The van der Waals surface area contributed by atoms with Gasteiger partial charge in [-0.3, -0.25) is 4.72 Å². The maximum Gasteiger partial charge on any atom is 0.263 e. The van der Waals surface area contributed by atoms with Gasteiger partial charge in [0.05, 0.1) is 16.5 Å². The van der Waals surface area contributed by atoms with Gasteiger partial charge in [-0.15, -0.1) is 0 Å². The summed E-state index contributed by atoms with van der Waals surface area (Å²) < 4.78 is 32.4. The first kappa shape index (κ1) is 15.1. The molecule has 0 fully saturated rings. The van der Waals surface area contributed by atoms with Gasteiger partial charge in [0.1, 0.15) is 11.6 Å². The van der Waals surface area contributed by atoms with Crippen molar-refractivity contribution < 1.29 is 13.2 Å². The third-order valence-electron chi connectivity index (χ3n) is 2.39. The number of anilines is 1. The summed E-state index contributed by atoms with van der Waals surface area (Å²) in [7, 11) is -2.23. The minimum Gasteiger partial charge on any atom is -0.496 e. The van der Waals surface area contributed by atoms with Crippen LogP contribution >= 0.6 is 27.5 Å². The average Bonchev–Trinajstić information content (AvgIpc) is 2.38. The van der Waals surface area contributed by atoms with Gasteiger partial charge in [-0.05, 0) is 40.2 Å². The van der Waals surface area contributed by atoms with Crippen molar-refractivity contribution in [3.05, 3.63) is 46.0 Å². The minimum absolute atomic E-state index is 0.0898. The fourth-order valence-corrected chi connectivity index (χ4v) is 3.35. The molecule has 0 unspecified atom stereocenters. The molecule has 20 heavy (non-hydrogen) atoms. The molecule has 0 saturated heterocycles. The van der Waals surface area contributed by atoms with Crippen LogP contribution in [0.4, 0.5) is 5.82 Å². The van der Waals surface area contributed by atoms with Crippen LogP contribution in [0.5, 0.6) is 5.75 Å². The number of rotatable bonds is 4. The molecule has 0 atom stereocenters. The smallest absolute Gasteiger partial charge is 0.263 e. The highest BCUT2D eigenvalue weighted by atomic mass is 79.9. The normalized spacial score (nSPS) is 11.2. The number of hydrogen-bond acceptors (Lipinski definition) is 4. The molecule has 1 N–H and O–H groups in total. The maximum absolute atomic E-state index is 12.2. The summed E-state index contributed by atoms with van der Waals surface area (Å²) in [5.74, 6) is 0.703. The topological polar surface area (TPSA) is 68.3 Å². The predicted molar refractivity (Wildman–Crippen MR) is 80.7 cm³/mol. The molecule has 0 saturated carbocycles. The van der Waals surface area contributed by atoms with Crippen LogP contribution < -0.4 is 9.46 Å². The first-order valence-corrected chi connectivity index (χ1v) is 8.06. The van der Waals surface area contributed by atoms with Crippen molar-refractivity contribution in [3.63, 3.8) is 0 Å². The Morgan fingerprint density at radius 2 is 2.05 bits per heavy atom. The van der Waals surface area contributed by atoms with E-state index in [1.54, 1.807) is 12.1 Å². The fourth-order valence-electron chi connectivity index (χ4n) is 1.47. The number of hydrogen-bond donors (Lipinski definition) is 1. The molecule has 2 rings (SSSR count). The molecule has 0 aliphatic rings. The van der Waals surface area contributed by atoms with Crippen LogP contribution in [0.3, 0.4) is 0 Å². The minimum atomic E-state index is -3.73. The molecule has 8 heteroatoms. The molecule has 1 aromatic carbocycles. The molecule has 106 valence electrons. The highest BCUT2D eigenvalue weighted by Crippen LogP contribution is 2.28. The highest BCUT2D eigenvalue weighted by Gasteiger charge is 2.16. The fraction of sp³-hybridized carbons (Fsp3) is 0.0833. The van der Waals surface area contributed by atoms with E-state index in [0.29, 0.717) is 15.2 Å². The van der Waals surface area contributed by atoms with E-state index in [9.17, 15) is 8.42 Å². The van der Waals surface area contributed by atoms with Crippen molar-refractivity contribution in [2.24, 2.45) is 0 Å². The highest BCUT2D eigenvalue weighted by molar-refractivity contribution is 9.10. The van der Waals surface area contributed by atoms with E-state index >= 15 is 0 Å². The SMILES string of the molecule is COc1ccc(S(=O)(=O)Nc2cc(Cl)ccn2)cc1Br. The first-order valence-electron chi connectivity index (χ1n) is 5.40. The molecule has 5 nitrogen and oxygen atoms in total. The molecular weight excluding hydrogens is 368 g/mol. The van der Waals surface area contributed by atoms with Crippen molar-refractivity contribution in [2.45, 2.75) is 4.90 Å². The summed E-state index contributed by atoms with van der Waals surface area (Å²) in [4.78, 5) is 3.99. The lowest BCUT2D eigenvalue weighted by Crippen LogP contribution is -2.13. The second kappa shape index (κ2) is 5.99. The molecule has 1 heterocycles. The van der Waals surface area contributed by atoms with Crippen LogP contribution in [0.1, 0.15) is 0 Å². The van der Waals surface area contributed by atoms with E-state index in [4.69, 9.17) is 16.3 Å². The lowest BCUT2D eigenvalue weighted by Gasteiger charge is -2.09. The van der Waals surface area contributed by atoms with E-state index in [0.717, 1.165) is 0 Å². The monoisotopic (exact) mass is 376 g/mol. The van der Waals surface area contributed by atoms with Crippen LogP contribution in [-0.4, -0.2) is 20.5 Å². The first-order chi connectivity index (χ1) is 9.42. The Balaban J connectivity index is 2.33. The predicted octanol–water partition coefficient (Wildman–Crippen LogP) is 3.31. The van der Waals surface area contributed by atoms with Gasteiger partial charge in [-0.2, -0.15) is 0 Å². The van der Waals surface area contributed by atoms with Gasteiger partial charge in [0.25, 0.3) is 10.0 Å². The molecule has 2 aromatic rings. The number of nitrogens with zero attached hydrogens (tertiary/aromatic N) is 1. The van der Waals surface area contributed by atoms with Crippen molar-refractivity contribution in [3.8, 4) is 5.75 Å². The second-order valence-electron chi connectivity index (χ2n) is 3.76. The molecule has 0 aliphatic heterocycles. The summed E-state index contributed by atoms with van der Waals surface area (Å²) in [6.07, 6.45) is 1.42. The third-order valence-corrected chi connectivity index (χ3v) is 4.60. The van der Waals surface area contributed by atoms with E-state index in [1.165, 1.54) is 31.5 Å². The summed E-state index contributed by atoms with van der Waals surface area (Å²) >= 11 is 9.03. The number of benzene rings is 1. The second-order valence-corrected chi connectivity index (χ2v) is 6.73. The van der Waals surface area contributed by atoms with Crippen molar-refractivity contribution >= 4 is 43.4 Å². The van der Waals surface area contributed by atoms with Gasteiger partial charge < -0.3 is 4.74 Å². The van der Waals surface area contributed by atoms with Gasteiger partial charge in [-0.1, -0.05) is 11.6 Å². The Bertz CT molecular complexity index is 737. The average molecular weight is 378 g/mol. The number of halogens is 2. The van der Waals surface area contributed by atoms with Gasteiger partial charge in [0.2, 0.25) is 0 Å². The molecular formula is C12H10BrClN2O3S. The maximum atomic E-state index is 12.2. The largest absolute Gasteiger partial charge is 0.496 e. The van der Waals surface area contributed by atoms with Crippen molar-refractivity contribution in [1.82, 2.24) is 4.98 Å². The molecule has 0 bridgehead atoms. The van der Waals surface area contributed by atoms with Crippen LogP contribution in [0.25, 0.3) is 0 Å². The van der Waals surface area contributed by atoms with Gasteiger partial charge in [0, 0.05) is 17.3 Å². The van der Waals surface area contributed by atoms with Gasteiger partial charge in [-0.25, -0.2) is 13.4 Å². The Labute approximate surface area is 130 Å². The van der Waals surface area contributed by atoms with E-state index < -0.39 is 10.0 Å². The summed E-state index contributed by atoms with van der Waals surface area (Å²) in [5.41, 5.74) is 0. The van der Waals surface area contributed by atoms with Crippen molar-refractivity contribution in [1.29, 1.82) is 0 Å². The molecule has 0 aliphatic carbocycles. The summed E-state index contributed by atoms with van der Waals surface area (Å²) in [5, 5.41) is 0.397. The van der Waals surface area contributed by atoms with Crippen LogP contribution in [0, 0.1) is 0 Å². The number of sulfonamides is 1. The Hall–Kier alpha value is -1.31. The zero-order valence-electron chi connectivity index (χ0n) is 10.3. The van der Waals surface area contributed by atoms with Gasteiger partial charge >= 0.3 is 0 Å². The van der Waals surface area contributed by atoms with Gasteiger partial charge in [0.15, 0.2) is 0 Å². The van der Waals surface area contributed by atoms with Crippen molar-refractivity contribution in [2.75, 3.05) is 11.8 Å². The van der Waals surface area contributed by atoms with Crippen LogP contribution in [0.2, 0.25) is 5.02 Å². The standard InChI is InChI=1S/C12H10BrClN2O3S/c1-19-11-3-2-9(7-10(11)13)20(17,18)16-12-6-8(14)4-5-15-12/h2-7H,1H3,(H,15,16). The summed E-state index contributed by atoms with van der Waals surface area (Å²) in [6.45, 7) is 0. The third kappa shape index (κ3) is 3.41. The number of pyridine rings is 1. The molecule has 0 spiro atoms. The molecule has 1 aromatic heterocycles. The Morgan fingerprint density at radius 3 is 2.65 bits per heavy atom. The lowest BCUT2D eigenvalue weighted by molar-refractivity contribution is 0.411. The zero-order chi connectivity index (χ0) is 14.8. The van der Waals surface area contributed by atoms with E-state index in [1.807, 2.05) is 0 Å². The number of methoxy groups -OCH3 is 1.